The van der Waals surface area contributed by atoms with E-state index in [-0.39, 0.29) is 17.6 Å². The average Bonchev–Trinajstić information content (AvgIpc) is 2.52. The molecule has 0 saturated heterocycles. The van der Waals surface area contributed by atoms with Crippen molar-refractivity contribution in [2.45, 2.75) is 19.8 Å². The third-order valence-electron chi connectivity index (χ3n) is 3.08. The van der Waals surface area contributed by atoms with E-state index in [1.807, 2.05) is 6.92 Å². The molecule has 0 aliphatic heterocycles. The van der Waals surface area contributed by atoms with Crippen molar-refractivity contribution in [3.8, 4) is 0 Å². The molecule has 0 atom stereocenters. The lowest BCUT2D eigenvalue weighted by Gasteiger charge is -2.10. The quantitative estimate of drug-likeness (QED) is 0.847. The van der Waals surface area contributed by atoms with Gasteiger partial charge in [-0.05, 0) is 48.9 Å². The Hall–Kier alpha value is -2.40. The Labute approximate surface area is 138 Å². The van der Waals surface area contributed by atoms with E-state index < -0.39 is 0 Å². The van der Waals surface area contributed by atoms with E-state index in [1.54, 1.807) is 12.1 Å². The minimum absolute atomic E-state index is 0.162. The Morgan fingerprint density at radius 1 is 1.09 bits per heavy atom. The fourth-order valence-corrected chi connectivity index (χ4v) is 2.10. The second-order valence-electron chi connectivity index (χ2n) is 4.95. The van der Waals surface area contributed by atoms with Gasteiger partial charge in [0.1, 0.15) is 5.82 Å². The number of amides is 2. The third-order valence-corrected chi connectivity index (χ3v) is 3.41. The van der Waals surface area contributed by atoms with Gasteiger partial charge in [0.05, 0.1) is 10.7 Å². The Morgan fingerprint density at radius 2 is 1.78 bits per heavy atom. The number of hydrogen-bond acceptors (Lipinski definition) is 2. The number of carbonyl (C=O) groups is 2. The molecular weight excluding hydrogens is 319 g/mol. The molecule has 0 spiro atoms. The third kappa shape index (κ3) is 4.79. The maximum atomic E-state index is 12.9. The number of anilines is 2. The first-order valence-corrected chi connectivity index (χ1v) is 7.53. The van der Waals surface area contributed by atoms with E-state index in [4.69, 9.17) is 11.6 Å². The van der Waals surface area contributed by atoms with Crippen molar-refractivity contribution >= 4 is 34.8 Å². The zero-order chi connectivity index (χ0) is 16.8. The molecule has 0 saturated carbocycles. The van der Waals surface area contributed by atoms with Gasteiger partial charge in [-0.15, -0.1) is 0 Å². The van der Waals surface area contributed by atoms with Crippen LogP contribution in [0.1, 0.15) is 30.1 Å². The van der Waals surface area contributed by atoms with Gasteiger partial charge in [-0.2, -0.15) is 0 Å². The van der Waals surface area contributed by atoms with E-state index >= 15 is 0 Å². The first kappa shape index (κ1) is 17.0. The highest BCUT2D eigenvalue weighted by Gasteiger charge is 2.11. The summed E-state index contributed by atoms with van der Waals surface area (Å²) in [6, 6.07) is 10.1. The predicted octanol–water partition coefficient (Wildman–Crippen LogP) is 4.47. The van der Waals surface area contributed by atoms with Gasteiger partial charge < -0.3 is 10.6 Å². The number of halogens is 2. The molecule has 0 aromatic heterocycles. The van der Waals surface area contributed by atoms with E-state index in [0.717, 1.165) is 0 Å². The van der Waals surface area contributed by atoms with Gasteiger partial charge in [-0.3, -0.25) is 9.59 Å². The summed E-state index contributed by atoms with van der Waals surface area (Å²) in [6.07, 6.45) is 1.09. The van der Waals surface area contributed by atoms with Crippen LogP contribution in [0.15, 0.2) is 42.5 Å². The highest BCUT2D eigenvalue weighted by atomic mass is 35.5. The van der Waals surface area contributed by atoms with Crippen LogP contribution >= 0.6 is 11.6 Å². The van der Waals surface area contributed by atoms with Crippen LogP contribution in [0.3, 0.4) is 0 Å². The van der Waals surface area contributed by atoms with E-state index in [1.165, 1.54) is 30.3 Å². The van der Waals surface area contributed by atoms with Crippen LogP contribution in [0.2, 0.25) is 5.02 Å². The molecule has 0 aliphatic carbocycles. The molecule has 2 aromatic carbocycles. The molecule has 2 rings (SSSR count). The number of rotatable bonds is 5. The topological polar surface area (TPSA) is 58.2 Å². The van der Waals surface area contributed by atoms with Crippen molar-refractivity contribution in [2.24, 2.45) is 0 Å². The Morgan fingerprint density at radius 3 is 2.43 bits per heavy atom. The van der Waals surface area contributed by atoms with Crippen molar-refractivity contribution < 1.29 is 14.0 Å². The summed E-state index contributed by atoms with van der Waals surface area (Å²) in [6.45, 7) is 1.90. The first-order valence-electron chi connectivity index (χ1n) is 7.16. The lowest BCUT2D eigenvalue weighted by atomic mass is 10.1. The van der Waals surface area contributed by atoms with Crippen LogP contribution < -0.4 is 10.6 Å². The van der Waals surface area contributed by atoms with Crippen molar-refractivity contribution in [2.75, 3.05) is 10.6 Å². The van der Waals surface area contributed by atoms with Crippen molar-refractivity contribution in [1.82, 2.24) is 0 Å². The van der Waals surface area contributed by atoms with Gasteiger partial charge in [-0.25, -0.2) is 4.39 Å². The number of nitrogens with one attached hydrogen (secondary N) is 2. The number of carbonyl (C=O) groups excluding carboxylic acids is 2. The summed E-state index contributed by atoms with van der Waals surface area (Å²) in [4.78, 5) is 23.9. The zero-order valence-corrected chi connectivity index (χ0v) is 13.3. The highest BCUT2D eigenvalue weighted by molar-refractivity contribution is 6.34. The van der Waals surface area contributed by atoms with Gasteiger partial charge in [0.2, 0.25) is 5.91 Å². The molecule has 0 heterocycles. The molecule has 2 aromatic rings. The molecule has 0 radical (unpaired) electrons. The summed E-state index contributed by atoms with van der Waals surface area (Å²) in [5, 5.41) is 5.68. The monoisotopic (exact) mass is 334 g/mol. The zero-order valence-electron chi connectivity index (χ0n) is 12.5. The first-order chi connectivity index (χ1) is 11.0. The van der Waals surface area contributed by atoms with Crippen LogP contribution in [0, 0.1) is 5.82 Å². The molecular formula is C17H16ClFN2O2. The summed E-state index contributed by atoms with van der Waals surface area (Å²) in [7, 11) is 0. The largest absolute Gasteiger partial charge is 0.325 e. The maximum Gasteiger partial charge on any atom is 0.255 e. The molecule has 4 nitrogen and oxygen atoms in total. The van der Waals surface area contributed by atoms with Gasteiger partial charge in [-0.1, -0.05) is 18.5 Å². The minimum atomic E-state index is -0.379. The Bertz CT molecular complexity index is 717. The molecule has 2 N–H and O–H groups in total. The maximum absolute atomic E-state index is 12.9. The average molecular weight is 335 g/mol. The molecule has 0 bridgehead atoms. The van der Waals surface area contributed by atoms with Crippen molar-refractivity contribution in [3.63, 3.8) is 0 Å². The van der Waals surface area contributed by atoms with E-state index in [2.05, 4.69) is 10.6 Å². The van der Waals surface area contributed by atoms with Crippen molar-refractivity contribution in [1.29, 1.82) is 0 Å². The van der Waals surface area contributed by atoms with Gasteiger partial charge in [0.15, 0.2) is 0 Å². The molecule has 0 unspecified atom stereocenters. The smallest absolute Gasteiger partial charge is 0.255 e. The van der Waals surface area contributed by atoms with Crippen LogP contribution in [0.4, 0.5) is 15.8 Å². The summed E-state index contributed by atoms with van der Waals surface area (Å²) in [5.74, 6) is -0.917. The number of hydrogen-bond donors (Lipinski definition) is 2. The molecule has 2 amide bonds. The van der Waals surface area contributed by atoms with Crippen molar-refractivity contribution in [3.05, 3.63) is 58.9 Å². The predicted molar refractivity (Wildman–Crippen MR) is 89.3 cm³/mol. The fourth-order valence-electron chi connectivity index (χ4n) is 1.94. The van der Waals surface area contributed by atoms with Crippen LogP contribution in [0.5, 0.6) is 0 Å². The molecule has 23 heavy (non-hydrogen) atoms. The second kappa shape index (κ2) is 7.74. The van der Waals surface area contributed by atoms with Gasteiger partial charge >= 0.3 is 0 Å². The lowest BCUT2D eigenvalue weighted by Crippen LogP contribution is -2.14. The normalized spacial score (nSPS) is 10.2. The summed E-state index contributed by atoms with van der Waals surface area (Å²) < 4.78 is 12.9. The fraction of sp³-hybridized carbons (Fsp3) is 0.176. The van der Waals surface area contributed by atoms with E-state index in [0.29, 0.717) is 34.8 Å². The molecule has 6 heteroatoms. The standard InChI is InChI=1S/C17H16ClFN2O2/c1-2-3-16(22)21-15-10-11(4-9-14(15)18)17(23)20-13-7-5-12(19)6-8-13/h4-10H,2-3H2,1H3,(H,20,23)(H,21,22). The Balaban J connectivity index is 2.14. The van der Waals surface area contributed by atoms with Crippen LogP contribution in [-0.2, 0) is 4.79 Å². The van der Waals surface area contributed by atoms with Gasteiger partial charge in [0, 0.05) is 17.7 Å². The highest BCUT2D eigenvalue weighted by Crippen LogP contribution is 2.24. The SMILES string of the molecule is CCCC(=O)Nc1cc(C(=O)Nc2ccc(F)cc2)ccc1Cl. The minimum Gasteiger partial charge on any atom is -0.325 e. The van der Waals surface area contributed by atoms with Crippen LogP contribution in [0.25, 0.3) is 0 Å². The molecule has 120 valence electrons. The second-order valence-corrected chi connectivity index (χ2v) is 5.36. The summed E-state index contributed by atoms with van der Waals surface area (Å²) in [5.41, 5.74) is 1.20. The van der Waals surface area contributed by atoms with E-state index in [9.17, 15) is 14.0 Å². The van der Waals surface area contributed by atoms with Gasteiger partial charge in [0.25, 0.3) is 5.91 Å². The Kier molecular flexibility index (Phi) is 5.71. The lowest BCUT2D eigenvalue weighted by molar-refractivity contribution is -0.116. The molecule has 0 aliphatic rings. The number of benzene rings is 2. The van der Waals surface area contributed by atoms with Crippen LogP contribution in [-0.4, -0.2) is 11.8 Å². The molecule has 0 fully saturated rings. The summed E-state index contributed by atoms with van der Waals surface area (Å²) >= 11 is 6.03.